The van der Waals surface area contributed by atoms with Crippen LogP contribution in [0.1, 0.15) is 12.0 Å². The predicted molar refractivity (Wildman–Crippen MR) is 101 cm³/mol. The summed E-state index contributed by atoms with van der Waals surface area (Å²) in [5.74, 6) is 1.36. The van der Waals surface area contributed by atoms with Crippen molar-refractivity contribution in [3.05, 3.63) is 42.5 Å². The fraction of sp³-hybridized carbons (Fsp3) is 0.389. The smallest absolute Gasteiger partial charge is 0.246 e. The maximum absolute atomic E-state index is 12.5. The molecule has 1 amide bonds. The molecule has 0 saturated carbocycles. The third-order valence-electron chi connectivity index (χ3n) is 4.12. The first-order valence-electron chi connectivity index (χ1n) is 8.62. The van der Waals surface area contributed by atoms with Crippen molar-refractivity contribution in [2.75, 3.05) is 50.1 Å². The highest BCUT2D eigenvalue weighted by molar-refractivity contribution is 5.91. The van der Waals surface area contributed by atoms with Gasteiger partial charge >= 0.3 is 0 Å². The lowest BCUT2D eigenvalue weighted by Crippen LogP contribution is -2.34. The second-order valence-corrected chi connectivity index (χ2v) is 6.26. The number of aromatic nitrogens is 4. The quantitative estimate of drug-likeness (QED) is 0.761. The van der Waals surface area contributed by atoms with Gasteiger partial charge in [0.1, 0.15) is 0 Å². The molecule has 2 aromatic rings. The van der Waals surface area contributed by atoms with Crippen molar-refractivity contribution in [1.29, 1.82) is 0 Å². The number of anilines is 2. The average molecular weight is 353 g/mol. The van der Waals surface area contributed by atoms with E-state index in [4.69, 9.17) is 0 Å². The van der Waals surface area contributed by atoms with Crippen LogP contribution in [0.5, 0.6) is 0 Å². The summed E-state index contributed by atoms with van der Waals surface area (Å²) in [6.07, 6.45) is 11.1. The molecule has 0 N–H and O–H groups in total. The highest BCUT2D eigenvalue weighted by Crippen LogP contribution is 2.11. The normalized spacial score (nSPS) is 15.2. The topological polar surface area (TPSA) is 78.4 Å². The molecule has 0 spiro atoms. The standard InChI is InChI=1S/C18H23N7O/c1-23(2)17-21-13-15(14-22-17)5-6-16(26)24-9-4-10-25(12-11-24)18-19-7-3-8-20-18/h3,5-8,13-14H,4,9-12H2,1-2H3/b6-5+. The molecule has 26 heavy (non-hydrogen) atoms. The second kappa shape index (κ2) is 8.37. The number of nitrogens with zero attached hydrogens (tertiary/aromatic N) is 7. The highest BCUT2D eigenvalue weighted by atomic mass is 16.2. The molecule has 1 aliphatic heterocycles. The summed E-state index contributed by atoms with van der Waals surface area (Å²) in [4.78, 5) is 35.4. The molecule has 0 bridgehead atoms. The summed E-state index contributed by atoms with van der Waals surface area (Å²) in [7, 11) is 3.77. The van der Waals surface area contributed by atoms with Gasteiger partial charge in [-0.05, 0) is 18.6 Å². The lowest BCUT2D eigenvalue weighted by atomic mass is 10.3. The highest BCUT2D eigenvalue weighted by Gasteiger charge is 2.18. The van der Waals surface area contributed by atoms with Crippen LogP contribution < -0.4 is 9.80 Å². The van der Waals surface area contributed by atoms with Gasteiger partial charge < -0.3 is 14.7 Å². The van der Waals surface area contributed by atoms with Gasteiger partial charge in [0.05, 0.1) is 0 Å². The molecule has 3 heterocycles. The summed E-state index contributed by atoms with van der Waals surface area (Å²) in [5, 5.41) is 0. The summed E-state index contributed by atoms with van der Waals surface area (Å²) in [5.41, 5.74) is 0.804. The lowest BCUT2D eigenvalue weighted by molar-refractivity contribution is -0.125. The van der Waals surface area contributed by atoms with Gasteiger partial charge in [-0.1, -0.05) is 0 Å². The molecular weight excluding hydrogens is 330 g/mol. The van der Waals surface area contributed by atoms with E-state index in [-0.39, 0.29) is 5.91 Å². The Balaban J connectivity index is 1.58. The molecule has 0 unspecified atom stereocenters. The van der Waals surface area contributed by atoms with E-state index in [1.807, 2.05) is 23.9 Å². The first kappa shape index (κ1) is 17.8. The Morgan fingerprint density at radius 1 is 1.04 bits per heavy atom. The zero-order valence-corrected chi connectivity index (χ0v) is 15.1. The lowest BCUT2D eigenvalue weighted by Gasteiger charge is -2.21. The third-order valence-corrected chi connectivity index (χ3v) is 4.12. The van der Waals surface area contributed by atoms with Crippen LogP contribution in [0.25, 0.3) is 6.08 Å². The Morgan fingerprint density at radius 2 is 1.77 bits per heavy atom. The maximum Gasteiger partial charge on any atom is 0.246 e. The van der Waals surface area contributed by atoms with Crippen molar-refractivity contribution in [3.63, 3.8) is 0 Å². The molecular formula is C18H23N7O. The predicted octanol–water partition coefficient (Wildman–Crippen LogP) is 1.08. The van der Waals surface area contributed by atoms with E-state index in [0.29, 0.717) is 12.5 Å². The van der Waals surface area contributed by atoms with E-state index in [9.17, 15) is 4.79 Å². The Labute approximate surface area is 153 Å². The van der Waals surface area contributed by atoms with Crippen LogP contribution in [0.4, 0.5) is 11.9 Å². The number of rotatable bonds is 4. The average Bonchev–Trinajstić information content (AvgIpc) is 2.93. The van der Waals surface area contributed by atoms with Crippen molar-refractivity contribution < 1.29 is 4.79 Å². The Morgan fingerprint density at radius 3 is 2.46 bits per heavy atom. The van der Waals surface area contributed by atoms with Crippen LogP contribution in [0, 0.1) is 0 Å². The third kappa shape index (κ3) is 4.53. The molecule has 0 aromatic carbocycles. The van der Waals surface area contributed by atoms with Crippen molar-refractivity contribution in [1.82, 2.24) is 24.8 Å². The van der Waals surface area contributed by atoms with Crippen molar-refractivity contribution >= 4 is 23.9 Å². The number of amides is 1. The Bertz CT molecular complexity index is 746. The summed E-state index contributed by atoms with van der Waals surface area (Å²) >= 11 is 0. The molecule has 1 aliphatic rings. The van der Waals surface area contributed by atoms with Crippen LogP contribution in [0.3, 0.4) is 0 Å². The molecule has 136 valence electrons. The van der Waals surface area contributed by atoms with Gasteiger partial charge in [0.25, 0.3) is 0 Å². The van der Waals surface area contributed by atoms with E-state index in [1.165, 1.54) is 0 Å². The molecule has 0 radical (unpaired) electrons. The minimum absolute atomic E-state index is 0.00230. The van der Waals surface area contributed by atoms with Crippen molar-refractivity contribution in [3.8, 4) is 0 Å². The summed E-state index contributed by atoms with van der Waals surface area (Å²) in [6, 6.07) is 1.80. The van der Waals surface area contributed by atoms with Crippen molar-refractivity contribution in [2.45, 2.75) is 6.42 Å². The zero-order valence-electron chi connectivity index (χ0n) is 15.1. The van der Waals surface area contributed by atoms with E-state index in [1.54, 1.807) is 43.0 Å². The van der Waals surface area contributed by atoms with Gasteiger partial charge in [-0.25, -0.2) is 19.9 Å². The van der Waals surface area contributed by atoms with Gasteiger partial charge in [-0.15, -0.1) is 0 Å². The van der Waals surface area contributed by atoms with E-state index >= 15 is 0 Å². The van der Waals surface area contributed by atoms with Gasteiger partial charge in [0.15, 0.2) is 0 Å². The van der Waals surface area contributed by atoms with Crippen LogP contribution >= 0.6 is 0 Å². The van der Waals surface area contributed by atoms with Gasteiger partial charge in [-0.2, -0.15) is 0 Å². The first-order valence-corrected chi connectivity index (χ1v) is 8.62. The summed E-state index contributed by atoms with van der Waals surface area (Å²) < 4.78 is 0. The molecule has 0 atom stereocenters. The van der Waals surface area contributed by atoms with E-state index in [0.717, 1.165) is 37.6 Å². The fourth-order valence-electron chi connectivity index (χ4n) is 2.71. The van der Waals surface area contributed by atoms with Crippen molar-refractivity contribution in [2.24, 2.45) is 0 Å². The SMILES string of the molecule is CN(C)c1ncc(/C=C/C(=O)N2CCCN(c3ncccn3)CC2)cn1. The first-order chi connectivity index (χ1) is 12.6. The molecule has 3 rings (SSSR count). The van der Waals surface area contributed by atoms with Crippen LogP contribution in [0.15, 0.2) is 36.9 Å². The number of carbonyl (C=O) groups is 1. The number of hydrogen-bond donors (Lipinski definition) is 0. The number of hydrogen-bond acceptors (Lipinski definition) is 7. The van der Waals surface area contributed by atoms with Gasteiger partial charge in [0, 0.05) is 76.7 Å². The minimum atomic E-state index is -0.00230. The minimum Gasteiger partial charge on any atom is -0.347 e. The zero-order chi connectivity index (χ0) is 18.4. The molecule has 8 nitrogen and oxygen atoms in total. The fourth-order valence-corrected chi connectivity index (χ4v) is 2.71. The Kier molecular flexibility index (Phi) is 5.73. The van der Waals surface area contributed by atoms with Gasteiger partial charge in [0.2, 0.25) is 17.8 Å². The van der Waals surface area contributed by atoms with E-state index < -0.39 is 0 Å². The molecule has 2 aromatic heterocycles. The summed E-state index contributed by atoms with van der Waals surface area (Å²) in [6.45, 7) is 2.95. The number of carbonyl (C=O) groups excluding carboxylic acids is 1. The van der Waals surface area contributed by atoms with E-state index in [2.05, 4.69) is 24.8 Å². The molecule has 1 fully saturated rings. The molecule has 8 heteroatoms. The van der Waals surface area contributed by atoms with Crippen LogP contribution in [-0.2, 0) is 4.79 Å². The van der Waals surface area contributed by atoms with Gasteiger partial charge in [-0.3, -0.25) is 4.79 Å². The van der Waals surface area contributed by atoms with Crippen LogP contribution in [0.2, 0.25) is 0 Å². The maximum atomic E-state index is 12.5. The largest absolute Gasteiger partial charge is 0.347 e. The Hall–Kier alpha value is -3.03. The monoisotopic (exact) mass is 353 g/mol. The second-order valence-electron chi connectivity index (χ2n) is 6.26. The van der Waals surface area contributed by atoms with Crippen LogP contribution in [-0.4, -0.2) is 71.0 Å². The molecule has 0 aliphatic carbocycles. The molecule has 1 saturated heterocycles.